The summed E-state index contributed by atoms with van der Waals surface area (Å²) in [5, 5.41) is 9.18. The first-order valence-corrected chi connectivity index (χ1v) is 6.50. The van der Waals surface area contributed by atoms with Crippen LogP contribution in [0.3, 0.4) is 0 Å². The zero-order valence-corrected chi connectivity index (χ0v) is 9.45. The SMILES string of the molecule is O=C(O)C(CC1CCCCCC1)C1CC1. The molecule has 0 heterocycles. The molecule has 2 aliphatic rings. The van der Waals surface area contributed by atoms with Gasteiger partial charge in [0.2, 0.25) is 0 Å². The van der Waals surface area contributed by atoms with E-state index in [0.717, 1.165) is 19.3 Å². The molecule has 2 saturated carbocycles. The van der Waals surface area contributed by atoms with Crippen LogP contribution in [-0.2, 0) is 4.79 Å². The van der Waals surface area contributed by atoms with Crippen LogP contribution in [0.5, 0.6) is 0 Å². The lowest BCUT2D eigenvalue weighted by Crippen LogP contribution is -2.19. The van der Waals surface area contributed by atoms with Gasteiger partial charge in [-0.25, -0.2) is 0 Å². The molecule has 15 heavy (non-hydrogen) atoms. The predicted molar refractivity (Wildman–Crippen MR) is 59.7 cm³/mol. The smallest absolute Gasteiger partial charge is 0.306 e. The van der Waals surface area contributed by atoms with Crippen LogP contribution in [0.1, 0.15) is 57.8 Å². The highest BCUT2D eigenvalue weighted by atomic mass is 16.4. The monoisotopic (exact) mass is 210 g/mol. The Morgan fingerprint density at radius 1 is 1.07 bits per heavy atom. The number of aliphatic carboxylic acids is 1. The van der Waals surface area contributed by atoms with Gasteiger partial charge in [-0.05, 0) is 31.1 Å². The third-order valence-corrected chi connectivity index (χ3v) is 4.07. The molecular formula is C13H22O2. The molecule has 2 nitrogen and oxygen atoms in total. The third kappa shape index (κ3) is 3.22. The van der Waals surface area contributed by atoms with Crippen molar-refractivity contribution in [2.45, 2.75) is 57.8 Å². The van der Waals surface area contributed by atoms with E-state index in [1.807, 2.05) is 0 Å². The van der Waals surface area contributed by atoms with Gasteiger partial charge < -0.3 is 5.11 Å². The highest BCUT2D eigenvalue weighted by Gasteiger charge is 2.37. The Morgan fingerprint density at radius 3 is 2.13 bits per heavy atom. The molecule has 2 rings (SSSR count). The molecule has 2 fully saturated rings. The molecule has 86 valence electrons. The summed E-state index contributed by atoms with van der Waals surface area (Å²) < 4.78 is 0. The molecular weight excluding hydrogens is 188 g/mol. The lowest BCUT2D eigenvalue weighted by atomic mass is 9.86. The average molecular weight is 210 g/mol. The molecule has 1 unspecified atom stereocenters. The summed E-state index contributed by atoms with van der Waals surface area (Å²) in [6, 6.07) is 0. The predicted octanol–water partition coefficient (Wildman–Crippen LogP) is 3.46. The topological polar surface area (TPSA) is 37.3 Å². The van der Waals surface area contributed by atoms with Crippen molar-refractivity contribution < 1.29 is 9.90 Å². The van der Waals surface area contributed by atoms with Crippen molar-refractivity contribution in [3.05, 3.63) is 0 Å². The molecule has 0 aromatic rings. The van der Waals surface area contributed by atoms with Gasteiger partial charge in [0.25, 0.3) is 0 Å². The fraction of sp³-hybridized carbons (Fsp3) is 0.923. The molecule has 2 heteroatoms. The number of carbonyl (C=O) groups is 1. The molecule has 2 aliphatic carbocycles. The van der Waals surface area contributed by atoms with Gasteiger partial charge in [0.15, 0.2) is 0 Å². The maximum atomic E-state index is 11.1. The van der Waals surface area contributed by atoms with Gasteiger partial charge in [-0.3, -0.25) is 4.79 Å². The zero-order chi connectivity index (χ0) is 10.7. The second-order valence-corrected chi connectivity index (χ2v) is 5.38. The second-order valence-electron chi connectivity index (χ2n) is 5.38. The van der Waals surface area contributed by atoms with E-state index < -0.39 is 5.97 Å². The van der Waals surface area contributed by atoms with Crippen molar-refractivity contribution >= 4 is 5.97 Å². The summed E-state index contributed by atoms with van der Waals surface area (Å²) in [6.45, 7) is 0. The van der Waals surface area contributed by atoms with Gasteiger partial charge in [0.05, 0.1) is 5.92 Å². The van der Waals surface area contributed by atoms with Crippen molar-refractivity contribution in [3.8, 4) is 0 Å². The molecule has 1 N–H and O–H groups in total. The van der Waals surface area contributed by atoms with Crippen molar-refractivity contribution in [2.75, 3.05) is 0 Å². The van der Waals surface area contributed by atoms with Gasteiger partial charge in [0.1, 0.15) is 0 Å². The molecule has 0 aromatic heterocycles. The van der Waals surface area contributed by atoms with Crippen LogP contribution in [0, 0.1) is 17.8 Å². The fourth-order valence-corrected chi connectivity index (χ4v) is 2.95. The molecule has 0 aliphatic heterocycles. The van der Waals surface area contributed by atoms with Crippen LogP contribution < -0.4 is 0 Å². The van der Waals surface area contributed by atoms with Gasteiger partial charge in [-0.15, -0.1) is 0 Å². The van der Waals surface area contributed by atoms with Crippen LogP contribution in [0.2, 0.25) is 0 Å². The van der Waals surface area contributed by atoms with Gasteiger partial charge in [-0.1, -0.05) is 38.5 Å². The Labute approximate surface area is 92.1 Å². The normalized spacial score (nSPS) is 25.9. The Kier molecular flexibility index (Phi) is 3.66. The quantitative estimate of drug-likeness (QED) is 0.721. The van der Waals surface area contributed by atoms with Crippen molar-refractivity contribution in [1.29, 1.82) is 0 Å². The minimum absolute atomic E-state index is 0.0203. The first-order chi connectivity index (χ1) is 7.27. The standard InChI is InChI=1S/C13H22O2/c14-13(15)12(11-7-8-11)9-10-5-3-1-2-4-6-10/h10-12H,1-9H2,(H,14,15). The largest absolute Gasteiger partial charge is 0.481 e. The Hall–Kier alpha value is -0.530. The van der Waals surface area contributed by atoms with Crippen LogP contribution in [0.4, 0.5) is 0 Å². The minimum atomic E-state index is -0.540. The third-order valence-electron chi connectivity index (χ3n) is 4.07. The van der Waals surface area contributed by atoms with Crippen LogP contribution in [0.25, 0.3) is 0 Å². The molecule has 1 atom stereocenters. The molecule has 0 saturated heterocycles. The highest BCUT2D eigenvalue weighted by Crippen LogP contribution is 2.41. The molecule has 0 spiro atoms. The first-order valence-electron chi connectivity index (χ1n) is 6.50. The van der Waals surface area contributed by atoms with E-state index in [4.69, 9.17) is 0 Å². The minimum Gasteiger partial charge on any atom is -0.481 e. The van der Waals surface area contributed by atoms with E-state index in [-0.39, 0.29) is 5.92 Å². The average Bonchev–Trinajstić information content (AvgIpc) is 3.02. The number of carboxylic acids is 1. The summed E-state index contributed by atoms with van der Waals surface area (Å²) in [7, 11) is 0. The summed E-state index contributed by atoms with van der Waals surface area (Å²) in [4.78, 5) is 11.1. The van der Waals surface area contributed by atoms with Crippen LogP contribution >= 0.6 is 0 Å². The van der Waals surface area contributed by atoms with Gasteiger partial charge >= 0.3 is 5.97 Å². The Balaban J connectivity index is 1.84. The number of rotatable bonds is 4. The van der Waals surface area contributed by atoms with Crippen molar-refractivity contribution in [1.82, 2.24) is 0 Å². The Bertz CT molecular complexity index is 213. The maximum Gasteiger partial charge on any atom is 0.306 e. The van der Waals surface area contributed by atoms with Crippen LogP contribution in [0.15, 0.2) is 0 Å². The fourth-order valence-electron chi connectivity index (χ4n) is 2.95. The van der Waals surface area contributed by atoms with Crippen molar-refractivity contribution in [2.24, 2.45) is 17.8 Å². The van der Waals surface area contributed by atoms with E-state index in [1.54, 1.807) is 0 Å². The van der Waals surface area contributed by atoms with E-state index in [0.29, 0.717) is 11.8 Å². The van der Waals surface area contributed by atoms with Crippen molar-refractivity contribution in [3.63, 3.8) is 0 Å². The zero-order valence-electron chi connectivity index (χ0n) is 9.45. The molecule has 0 radical (unpaired) electrons. The van der Waals surface area contributed by atoms with Gasteiger partial charge in [-0.2, -0.15) is 0 Å². The number of hydrogen-bond acceptors (Lipinski definition) is 1. The van der Waals surface area contributed by atoms with E-state index in [9.17, 15) is 9.90 Å². The lowest BCUT2D eigenvalue weighted by Gasteiger charge is -2.19. The van der Waals surface area contributed by atoms with E-state index in [1.165, 1.54) is 38.5 Å². The Morgan fingerprint density at radius 2 is 1.67 bits per heavy atom. The summed E-state index contributed by atoms with van der Waals surface area (Å²) in [6.07, 6.45) is 11.2. The first kappa shape index (κ1) is 11.0. The highest BCUT2D eigenvalue weighted by molar-refractivity contribution is 5.70. The van der Waals surface area contributed by atoms with Crippen LogP contribution in [-0.4, -0.2) is 11.1 Å². The summed E-state index contributed by atoms with van der Waals surface area (Å²) >= 11 is 0. The lowest BCUT2D eigenvalue weighted by molar-refractivity contribution is -0.143. The molecule has 0 bridgehead atoms. The number of carboxylic acid groups (broad SMARTS) is 1. The summed E-state index contributed by atoms with van der Waals surface area (Å²) in [5.74, 6) is 0.662. The van der Waals surface area contributed by atoms with E-state index in [2.05, 4.69) is 0 Å². The van der Waals surface area contributed by atoms with E-state index >= 15 is 0 Å². The number of hydrogen-bond donors (Lipinski definition) is 1. The van der Waals surface area contributed by atoms with Gasteiger partial charge in [0, 0.05) is 0 Å². The second kappa shape index (κ2) is 5.00. The maximum absolute atomic E-state index is 11.1. The molecule has 0 aromatic carbocycles. The molecule has 0 amide bonds. The summed E-state index contributed by atoms with van der Waals surface area (Å²) in [5.41, 5.74) is 0.